The number of anilines is 1. The minimum absolute atomic E-state index is 0.193. The second kappa shape index (κ2) is 5.77. The number of hydrogen-bond donors (Lipinski definition) is 2. The molecule has 1 aliphatic rings. The van der Waals surface area contributed by atoms with E-state index in [4.69, 9.17) is 0 Å². The molecule has 1 saturated heterocycles. The van der Waals surface area contributed by atoms with Crippen LogP contribution in [0.15, 0.2) is 18.2 Å². The molecule has 5 nitrogen and oxygen atoms in total. The molecule has 0 spiro atoms. The first-order valence-corrected chi connectivity index (χ1v) is 6.96. The van der Waals surface area contributed by atoms with Gasteiger partial charge in [0.1, 0.15) is 5.82 Å². The highest BCUT2D eigenvalue weighted by molar-refractivity contribution is 5.31. The zero-order chi connectivity index (χ0) is 14.8. The second-order valence-corrected chi connectivity index (χ2v) is 5.27. The van der Waals surface area contributed by atoms with Crippen molar-refractivity contribution in [3.63, 3.8) is 0 Å². The summed E-state index contributed by atoms with van der Waals surface area (Å²) in [5.41, 5.74) is 0.270. The fourth-order valence-electron chi connectivity index (χ4n) is 2.49. The van der Waals surface area contributed by atoms with E-state index in [-0.39, 0.29) is 12.0 Å². The summed E-state index contributed by atoms with van der Waals surface area (Å²) in [7, 11) is 0. The van der Waals surface area contributed by atoms with Gasteiger partial charge >= 0.3 is 0 Å². The molecule has 3 rings (SSSR count). The number of piperazine rings is 1. The summed E-state index contributed by atoms with van der Waals surface area (Å²) >= 11 is 0. The van der Waals surface area contributed by atoms with Crippen LogP contribution in [0, 0.1) is 11.6 Å². The van der Waals surface area contributed by atoms with Crippen molar-refractivity contribution in [2.75, 3.05) is 24.5 Å². The summed E-state index contributed by atoms with van der Waals surface area (Å²) in [6.45, 7) is 4.63. The maximum absolute atomic E-state index is 13.6. The fraction of sp³-hybridized carbons (Fsp3) is 0.429. The van der Waals surface area contributed by atoms with Gasteiger partial charge in [-0.1, -0.05) is 12.1 Å². The zero-order valence-corrected chi connectivity index (χ0v) is 11.7. The number of hydrogen-bond acceptors (Lipinski definition) is 4. The zero-order valence-electron chi connectivity index (χ0n) is 11.7. The van der Waals surface area contributed by atoms with Gasteiger partial charge in [0.2, 0.25) is 5.95 Å². The minimum Gasteiger partial charge on any atom is -0.337 e. The standard InChI is InChI=1S/C14H17F2N5/c1-9-8-21(6-5-17-9)14-18-12(19-20-14)7-10-3-2-4-11(15)13(10)16/h2-4,9,17H,5-8H2,1H3,(H,18,19,20)/t9-/m1/s1. The first kappa shape index (κ1) is 13.9. The van der Waals surface area contributed by atoms with Gasteiger partial charge in [0, 0.05) is 32.1 Å². The van der Waals surface area contributed by atoms with Gasteiger partial charge in [-0.3, -0.25) is 5.10 Å². The third-order valence-electron chi connectivity index (χ3n) is 3.56. The van der Waals surface area contributed by atoms with E-state index in [1.807, 2.05) is 0 Å². The Bertz CT molecular complexity index is 628. The molecule has 1 aromatic heterocycles. The lowest BCUT2D eigenvalue weighted by molar-refractivity contribution is 0.479. The monoisotopic (exact) mass is 293 g/mol. The van der Waals surface area contributed by atoms with Crippen LogP contribution in [0.1, 0.15) is 18.3 Å². The van der Waals surface area contributed by atoms with Gasteiger partial charge in [-0.15, -0.1) is 5.10 Å². The molecule has 0 amide bonds. The van der Waals surface area contributed by atoms with E-state index in [0.717, 1.165) is 25.7 Å². The van der Waals surface area contributed by atoms with Crippen LogP contribution in [0.25, 0.3) is 0 Å². The van der Waals surface area contributed by atoms with Crippen LogP contribution in [-0.4, -0.2) is 40.9 Å². The van der Waals surface area contributed by atoms with E-state index < -0.39 is 11.6 Å². The molecule has 1 fully saturated rings. The van der Waals surface area contributed by atoms with Gasteiger partial charge in [0.15, 0.2) is 11.6 Å². The summed E-state index contributed by atoms with van der Waals surface area (Å²) in [5, 5.41) is 10.3. The first-order valence-electron chi connectivity index (χ1n) is 6.96. The van der Waals surface area contributed by atoms with Crippen molar-refractivity contribution < 1.29 is 8.78 Å². The molecule has 1 aromatic carbocycles. The third-order valence-corrected chi connectivity index (χ3v) is 3.56. The molecule has 0 aliphatic carbocycles. The van der Waals surface area contributed by atoms with Gasteiger partial charge in [-0.25, -0.2) is 8.78 Å². The molecular weight excluding hydrogens is 276 g/mol. The topological polar surface area (TPSA) is 56.8 Å². The summed E-state index contributed by atoms with van der Waals surface area (Å²) in [6.07, 6.45) is 0.193. The van der Waals surface area contributed by atoms with Gasteiger partial charge < -0.3 is 10.2 Å². The highest BCUT2D eigenvalue weighted by Gasteiger charge is 2.19. The van der Waals surface area contributed by atoms with Crippen molar-refractivity contribution in [2.24, 2.45) is 0 Å². The van der Waals surface area contributed by atoms with E-state index >= 15 is 0 Å². The van der Waals surface area contributed by atoms with Crippen molar-refractivity contribution in [3.05, 3.63) is 41.2 Å². The normalized spacial score (nSPS) is 19.0. The van der Waals surface area contributed by atoms with Crippen LogP contribution in [0.5, 0.6) is 0 Å². The highest BCUT2D eigenvalue weighted by atomic mass is 19.2. The average Bonchev–Trinajstić information content (AvgIpc) is 2.93. The molecule has 7 heteroatoms. The van der Waals surface area contributed by atoms with Crippen molar-refractivity contribution in [3.8, 4) is 0 Å². The third kappa shape index (κ3) is 3.02. The molecule has 2 N–H and O–H groups in total. The number of benzene rings is 1. The SMILES string of the molecule is C[C@@H]1CN(c2n[nH]c(Cc3cccc(F)c3F)n2)CCN1. The van der Waals surface area contributed by atoms with E-state index in [9.17, 15) is 8.78 Å². The summed E-state index contributed by atoms with van der Waals surface area (Å²) in [4.78, 5) is 6.45. The quantitative estimate of drug-likeness (QED) is 0.900. The molecule has 0 unspecified atom stereocenters. The van der Waals surface area contributed by atoms with Crippen molar-refractivity contribution >= 4 is 5.95 Å². The van der Waals surface area contributed by atoms with Crippen LogP contribution in [0.4, 0.5) is 14.7 Å². The molecule has 21 heavy (non-hydrogen) atoms. The summed E-state index contributed by atoms with van der Waals surface area (Å²) in [6, 6.07) is 4.52. The van der Waals surface area contributed by atoms with Crippen LogP contribution in [-0.2, 0) is 6.42 Å². The van der Waals surface area contributed by atoms with Crippen molar-refractivity contribution in [2.45, 2.75) is 19.4 Å². The molecular formula is C14H17F2N5. The Kier molecular flexibility index (Phi) is 3.83. The number of aromatic nitrogens is 3. The summed E-state index contributed by atoms with van der Waals surface area (Å²) in [5.74, 6) is -0.537. The van der Waals surface area contributed by atoms with E-state index in [1.54, 1.807) is 6.07 Å². The van der Waals surface area contributed by atoms with Gasteiger partial charge in [-0.05, 0) is 18.6 Å². The highest BCUT2D eigenvalue weighted by Crippen LogP contribution is 2.16. The Morgan fingerprint density at radius 3 is 3.05 bits per heavy atom. The number of aromatic amines is 1. The van der Waals surface area contributed by atoms with Gasteiger partial charge in [0.25, 0.3) is 0 Å². The first-order chi connectivity index (χ1) is 10.1. The van der Waals surface area contributed by atoms with E-state index in [1.165, 1.54) is 6.07 Å². The molecule has 0 radical (unpaired) electrons. The molecule has 0 bridgehead atoms. The maximum atomic E-state index is 13.6. The lowest BCUT2D eigenvalue weighted by Crippen LogP contribution is -2.49. The van der Waals surface area contributed by atoms with Crippen molar-refractivity contribution in [1.29, 1.82) is 0 Å². The van der Waals surface area contributed by atoms with Crippen molar-refractivity contribution in [1.82, 2.24) is 20.5 Å². The number of nitrogens with one attached hydrogen (secondary N) is 2. The number of halogens is 2. The molecule has 1 aliphatic heterocycles. The fourth-order valence-corrected chi connectivity index (χ4v) is 2.49. The lowest BCUT2D eigenvalue weighted by Gasteiger charge is -2.30. The summed E-state index contributed by atoms with van der Waals surface area (Å²) < 4.78 is 26.8. The van der Waals surface area contributed by atoms with E-state index in [0.29, 0.717) is 17.8 Å². The molecule has 0 saturated carbocycles. The van der Waals surface area contributed by atoms with Crippen LogP contribution in [0.3, 0.4) is 0 Å². The predicted molar refractivity (Wildman–Crippen MR) is 75.2 cm³/mol. The maximum Gasteiger partial charge on any atom is 0.244 e. The Hall–Kier alpha value is -2.02. The Morgan fingerprint density at radius 1 is 1.38 bits per heavy atom. The Balaban J connectivity index is 1.74. The van der Waals surface area contributed by atoms with E-state index in [2.05, 4.69) is 32.3 Å². The van der Waals surface area contributed by atoms with Crippen LogP contribution < -0.4 is 10.2 Å². The van der Waals surface area contributed by atoms with Gasteiger partial charge in [0.05, 0.1) is 0 Å². The molecule has 2 heterocycles. The smallest absolute Gasteiger partial charge is 0.244 e. The second-order valence-electron chi connectivity index (χ2n) is 5.27. The lowest BCUT2D eigenvalue weighted by atomic mass is 10.1. The number of rotatable bonds is 3. The molecule has 1 atom stereocenters. The predicted octanol–water partition coefficient (Wildman–Crippen LogP) is 1.47. The van der Waals surface area contributed by atoms with Crippen LogP contribution >= 0.6 is 0 Å². The van der Waals surface area contributed by atoms with Gasteiger partial charge in [-0.2, -0.15) is 4.98 Å². The number of H-pyrrole nitrogens is 1. The molecule has 112 valence electrons. The number of nitrogens with zero attached hydrogens (tertiary/aromatic N) is 3. The average molecular weight is 293 g/mol. The van der Waals surface area contributed by atoms with Crippen LogP contribution in [0.2, 0.25) is 0 Å². The minimum atomic E-state index is -0.844. The largest absolute Gasteiger partial charge is 0.337 e. The molecule has 2 aromatic rings. The Labute approximate surface area is 121 Å². The Morgan fingerprint density at radius 2 is 2.24 bits per heavy atom.